The molecule has 13 heavy (non-hydrogen) atoms. The van der Waals surface area contributed by atoms with E-state index in [9.17, 15) is 5.11 Å². The highest BCUT2D eigenvalue weighted by atomic mass is 16.3. The Morgan fingerprint density at radius 1 is 1.54 bits per heavy atom. The predicted octanol–water partition coefficient (Wildman–Crippen LogP) is 1.10. The SMILES string of the molecule is C#CC1(O)CCN(CC(C)(C)C)C1. The molecule has 1 fully saturated rings. The van der Waals surface area contributed by atoms with Crippen molar-refractivity contribution in [3.8, 4) is 12.3 Å². The molecule has 1 saturated heterocycles. The van der Waals surface area contributed by atoms with E-state index in [1.54, 1.807) is 0 Å². The van der Waals surface area contributed by atoms with Crippen LogP contribution in [0, 0.1) is 17.8 Å². The monoisotopic (exact) mass is 181 g/mol. The normalized spacial score (nSPS) is 30.4. The van der Waals surface area contributed by atoms with Crippen LogP contribution >= 0.6 is 0 Å². The molecule has 0 amide bonds. The minimum absolute atomic E-state index is 0.278. The highest BCUT2D eigenvalue weighted by molar-refractivity contribution is 5.12. The number of terminal acetylenes is 1. The summed E-state index contributed by atoms with van der Waals surface area (Å²) in [7, 11) is 0. The molecule has 0 saturated carbocycles. The van der Waals surface area contributed by atoms with E-state index in [1.165, 1.54) is 0 Å². The Morgan fingerprint density at radius 3 is 2.54 bits per heavy atom. The Balaban J connectivity index is 2.48. The summed E-state index contributed by atoms with van der Waals surface area (Å²) in [6.07, 6.45) is 5.98. The van der Waals surface area contributed by atoms with Gasteiger partial charge in [-0.05, 0) is 5.41 Å². The fourth-order valence-electron chi connectivity index (χ4n) is 1.79. The first-order valence-electron chi connectivity index (χ1n) is 4.77. The Bertz CT molecular complexity index is 223. The molecule has 1 heterocycles. The van der Waals surface area contributed by atoms with Gasteiger partial charge in [-0.3, -0.25) is 4.90 Å². The van der Waals surface area contributed by atoms with Gasteiger partial charge in [-0.25, -0.2) is 0 Å². The third-order valence-electron chi connectivity index (χ3n) is 2.29. The molecule has 74 valence electrons. The van der Waals surface area contributed by atoms with Gasteiger partial charge in [0.1, 0.15) is 5.60 Å². The van der Waals surface area contributed by atoms with Gasteiger partial charge in [0, 0.05) is 26.1 Å². The maximum absolute atomic E-state index is 9.79. The molecule has 1 atom stereocenters. The maximum Gasteiger partial charge on any atom is 0.139 e. The molecule has 0 aromatic rings. The van der Waals surface area contributed by atoms with Gasteiger partial charge < -0.3 is 5.11 Å². The Morgan fingerprint density at radius 2 is 2.15 bits per heavy atom. The molecule has 0 radical (unpaired) electrons. The molecule has 0 bridgehead atoms. The van der Waals surface area contributed by atoms with Crippen molar-refractivity contribution in [3.05, 3.63) is 0 Å². The smallest absolute Gasteiger partial charge is 0.139 e. The quantitative estimate of drug-likeness (QED) is 0.612. The second-order valence-electron chi connectivity index (χ2n) is 5.20. The summed E-state index contributed by atoms with van der Waals surface area (Å²) in [5.74, 6) is 2.47. The highest BCUT2D eigenvalue weighted by Crippen LogP contribution is 2.24. The number of hydrogen-bond acceptors (Lipinski definition) is 2. The van der Waals surface area contributed by atoms with Gasteiger partial charge in [0.2, 0.25) is 0 Å². The lowest BCUT2D eigenvalue weighted by Gasteiger charge is -2.26. The summed E-state index contributed by atoms with van der Waals surface area (Å²) >= 11 is 0. The average Bonchev–Trinajstić information content (AvgIpc) is 2.30. The van der Waals surface area contributed by atoms with Gasteiger partial charge in [0.25, 0.3) is 0 Å². The fourth-order valence-corrected chi connectivity index (χ4v) is 1.79. The molecule has 2 heteroatoms. The van der Waals surface area contributed by atoms with Crippen LogP contribution in [-0.4, -0.2) is 35.2 Å². The van der Waals surface area contributed by atoms with Crippen LogP contribution in [-0.2, 0) is 0 Å². The molecule has 0 aliphatic carbocycles. The average molecular weight is 181 g/mol. The van der Waals surface area contributed by atoms with Crippen molar-refractivity contribution < 1.29 is 5.11 Å². The Hall–Kier alpha value is -0.520. The number of β-amino-alcohol motifs (C(OH)–C–C–N with tert-alkyl or cyclic N) is 1. The van der Waals surface area contributed by atoms with Crippen molar-refractivity contribution in [2.75, 3.05) is 19.6 Å². The van der Waals surface area contributed by atoms with Crippen LogP contribution in [0.4, 0.5) is 0 Å². The largest absolute Gasteiger partial charge is 0.376 e. The van der Waals surface area contributed by atoms with Crippen LogP contribution < -0.4 is 0 Å². The van der Waals surface area contributed by atoms with Gasteiger partial charge in [-0.1, -0.05) is 26.7 Å². The number of hydrogen-bond donors (Lipinski definition) is 1. The molecule has 1 unspecified atom stereocenters. The standard InChI is InChI=1S/C11H19NO/c1-5-11(13)6-7-12(9-11)8-10(2,3)4/h1,13H,6-9H2,2-4H3. The molecule has 1 aliphatic heterocycles. The van der Waals surface area contributed by atoms with Gasteiger partial charge in [0.15, 0.2) is 0 Å². The lowest BCUT2D eigenvalue weighted by atomic mass is 9.96. The number of likely N-dealkylation sites (tertiary alicyclic amines) is 1. The lowest BCUT2D eigenvalue weighted by molar-refractivity contribution is 0.101. The van der Waals surface area contributed by atoms with Crippen LogP contribution in [0.1, 0.15) is 27.2 Å². The maximum atomic E-state index is 9.79. The van der Waals surface area contributed by atoms with E-state index in [2.05, 4.69) is 31.6 Å². The third-order valence-corrected chi connectivity index (χ3v) is 2.29. The summed E-state index contributed by atoms with van der Waals surface area (Å²) in [4.78, 5) is 2.24. The zero-order valence-corrected chi connectivity index (χ0v) is 8.80. The highest BCUT2D eigenvalue weighted by Gasteiger charge is 2.35. The van der Waals surface area contributed by atoms with Crippen LogP contribution in [0.3, 0.4) is 0 Å². The number of aliphatic hydroxyl groups is 1. The summed E-state index contributed by atoms with van der Waals surface area (Å²) in [6.45, 7) is 9.12. The van der Waals surface area contributed by atoms with E-state index >= 15 is 0 Å². The molecular formula is C11H19NO. The zero-order valence-electron chi connectivity index (χ0n) is 8.80. The van der Waals surface area contributed by atoms with Crippen molar-refractivity contribution in [1.82, 2.24) is 4.90 Å². The van der Waals surface area contributed by atoms with Crippen LogP contribution in [0.25, 0.3) is 0 Å². The topological polar surface area (TPSA) is 23.5 Å². The molecule has 1 rings (SSSR count). The van der Waals surface area contributed by atoms with Crippen molar-refractivity contribution in [1.29, 1.82) is 0 Å². The third kappa shape index (κ3) is 3.02. The molecular weight excluding hydrogens is 162 g/mol. The van der Waals surface area contributed by atoms with Crippen molar-refractivity contribution in [3.63, 3.8) is 0 Å². The van der Waals surface area contributed by atoms with Gasteiger partial charge in [-0.15, -0.1) is 6.42 Å². The minimum Gasteiger partial charge on any atom is -0.376 e. The fraction of sp³-hybridized carbons (Fsp3) is 0.818. The Labute approximate surface area is 80.9 Å². The molecule has 0 aromatic carbocycles. The van der Waals surface area contributed by atoms with Gasteiger partial charge in [-0.2, -0.15) is 0 Å². The van der Waals surface area contributed by atoms with Crippen LogP contribution in [0.5, 0.6) is 0 Å². The van der Waals surface area contributed by atoms with E-state index < -0.39 is 5.60 Å². The Kier molecular flexibility index (Phi) is 2.70. The second-order valence-corrected chi connectivity index (χ2v) is 5.20. The summed E-state index contributed by atoms with van der Waals surface area (Å²) in [5, 5.41) is 9.79. The molecule has 2 nitrogen and oxygen atoms in total. The van der Waals surface area contributed by atoms with E-state index in [0.717, 1.165) is 13.1 Å². The first kappa shape index (κ1) is 10.6. The number of nitrogens with zero attached hydrogens (tertiary/aromatic N) is 1. The first-order chi connectivity index (χ1) is 5.85. The van der Waals surface area contributed by atoms with Crippen molar-refractivity contribution in [2.24, 2.45) is 5.41 Å². The molecule has 1 N–H and O–H groups in total. The van der Waals surface area contributed by atoms with Gasteiger partial charge in [0.05, 0.1) is 0 Å². The molecule has 0 spiro atoms. The van der Waals surface area contributed by atoms with E-state index in [1.807, 2.05) is 0 Å². The van der Waals surface area contributed by atoms with Crippen LogP contribution in [0.15, 0.2) is 0 Å². The predicted molar refractivity (Wildman–Crippen MR) is 54.3 cm³/mol. The summed E-state index contributed by atoms with van der Waals surface area (Å²) < 4.78 is 0. The van der Waals surface area contributed by atoms with Crippen LogP contribution in [0.2, 0.25) is 0 Å². The van der Waals surface area contributed by atoms with Gasteiger partial charge >= 0.3 is 0 Å². The second kappa shape index (κ2) is 3.32. The minimum atomic E-state index is -0.870. The zero-order chi connectivity index (χ0) is 10.1. The van der Waals surface area contributed by atoms with Crippen molar-refractivity contribution in [2.45, 2.75) is 32.8 Å². The number of rotatable bonds is 1. The molecule has 1 aliphatic rings. The lowest BCUT2D eigenvalue weighted by Crippen LogP contribution is -2.35. The summed E-state index contributed by atoms with van der Waals surface area (Å²) in [6, 6.07) is 0. The van der Waals surface area contributed by atoms with E-state index in [4.69, 9.17) is 6.42 Å². The first-order valence-corrected chi connectivity index (χ1v) is 4.77. The van der Waals surface area contributed by atoms with E-state index in [0.29, 0.717) is 13.0 Å². The summed E-state index contributed by atoms with van der Waals surface area (Å²) in [5.41, 5.74) is -0.592. The van der Waals surface area contributed by atoms with Crippen molar-refractivity contribution >= 4 is 0 Å². The molecule has 0 aromatic heterocycles. The van der Waals surface area contributed by atoms with E-state index in [-0.39, 0.29) is 5.41 Å².